The van der Waals surface area contributed by atoms with Gasteiger partial charge in [-0.25, -0.2) is 14.5 Å². The average Bonchev–Trinajstić information content (AvgIpc) is 2.92. The molecule has 0 fully saturated rings. The van der Waals surface area contributed by atoms with Crippen molar-refractivity contribution >= 4 is 24.2 Å². The van der Waals surface area contributed by atoms with Crippen LogP contribution in [0.25, 0.3) is 6.08 Å². The van der Waals surface area contributed by atoms with Gasteiger partial charge in [0.1, 0.15) is 11.9 Å². The first-order valence-corrected chi connectivity index (χ1v) is 5.86. The third kappa shape index (κ3) is 2.63. The van der Waals surface area contributed by atoms with E-state index in [1.165, 1.54) is 10.8 Å². The predicted molar refractivity (Wildman–Crippen MR) is 75.0 cm³/mol. The molecule has 8 heteroatoms. The number of aryl methyl sites for hydroxylation is 1. The van der Waals surface area contributed by atoms with Crippen LogP contribution in [0.5, 0.6) is 0 Å². The van der Waals surface area contributed by atoms with Crippen molar-refractivity contribution in [1.29, 1.82) is 0 Å². The van der Waals surface area contributed by atoms with E-state index in [0.29, 0.717) is 11.6 Å². The Bertz CT molecular complexity index is 695. The lowest BCUT2D eigenvalue weighted by atomic mass is 10.4. The highest BCUT2D eigenvalue weighted by molar-refractivity contribution is 5.79. The number of rotatable bonds is 4. The van der Waals surface area contributed by atoms with Crippen LogP contribution in [0, 0.1) is 17.0 Å². The molecule has 0 N–H and O–H groups in total. The van der Waals surface area contributed by atoms with Gasteiger partial charge < -0.3 is 14.7 Å². The van der Waals surface area contributed by atoms with Crippen LogP contribution in [0.3, 0.4) is 0 Å². The van der Waals surface area contributed by atoms with Crippen molar-refractivity contribution in [3.8, 4) is 0 Å². The number of imidazole rings is 2. The van der Waals surface area contributed by atoms with Gasteiger partial charge in [-0.1, -0.05) is 4.98 Å². The van der Waals surface area contributed by atoms with Crippen molar-refractivity contribution in [3.63, 3.8) is 0 Å². The van der Waals surface area contributed by atoms with E-state index in [-0.39, 0.29) is 5.95 Å². The van der Waals surface area contributed by atoms with Gasteiger partial charge >= 0.3 is 5.95 Å². The first kappa shape index (κ1) is 13.7. The van der Waals surface area contributed by atoms with Gasteiger partial charge in [-0.15, -0.1) is 0 Å². The summed E-state index contributed by atoms with van der Waals surface area (Å²) in [5.41, 5.74) is 1.64. The summed E-state index contributed by atoms with van der Waals surface area (Å²) < 4.78 is 3.26. The topological polar surface area (TPSA) is 91.1 Å². The van der Waals surface area contributed by atoms with Gasteiger partial charge in [0, 0.05) is 19.0 Å². The minimum Gasteiger partial charge on any atom is -0.390 e. The maximum atomic E-state index is 10.7. The zero-order chi connectivity index (χ0) is 14.7. The SMILES string of the molecule is Cc1cnc(N=C/C=C/c2cnc([N+](=O)[O-])n2C)n1C. The van der Waals surface area contributed by atoms with Crippen LogP contribution in [-0.2, 0) is 14.1 Å². The lowest BCUT2D eigenvalue weighted by molar-refractivity contribution is -0.396. The summed E-state index contributed by atoms with van der Waals surface area (Å²) in [7, 11) is 3.47. The van der Waals surface area contributed by atoms with Gasteiger partial charge in [0.05, 0.1) is 13.2 Å². The molecule has 0 saturated carbocycles. The molecule has 0 bridgehead atoms. The smallest absolute Gasteiger partial charge is 0.390 e. The number of allylic oxidation sites excluding steroid dienone is 1. The quantitative estimate of drug-likeness (QED) is 0.482. The molecule has 0 atom stereocenters. The summed E-state index contributed by atoms with van der Waals surface area (Å²) in [6.45, 7) is 1.94. The van der Waals surface area contributed by atoms with E-state index in [0.717, 1.165) is 5.69 Å². The molecule has 0 amide bonds. The molecule has 0 radical (unpaired) electrons. The van der Waals surface area contributed by atoms with Gasteiger partial charge in [-0.3, -0.25) is 0 Å². The van der Waals surface area contributed by atoms with Gasteiger partial charge in [-0.05, 0) is 24.0 Å². The highest BCUT2D eigenvalue weighted by atomic mass is 16.6. The number of hydrogen-bond acceptors (Lipinski definition) is 5. The molecule has 104 valence electrons. The predicted octanol–water partition coefficient (Wildman–Crippen LogP) is 1.79. The fourth-order valence-corrected chi connectivity index (χ4v) is 1.59. The Labute approximate surface area is 115 Å². The van der Waals surface area contributed by atoms with E-state index in [4.69, 9.17) is 0 Å². The van der Waals surface area contributed by atoms with Crippen LogP contribution in [0.1, 0.15) is 11.4 Å². The number of nitro groups is 1. The molecule has 0 aliphatic carbocycles. The highest BCUT2D eigenvalue weighted by Gasteiger charge is 2.14. The Morgan fingerprint density at radius 2 is 2.05 bits per heavy atom. The molecule has 2 aromatic heterocycles. The molecular formula is C12H14N6O2. The van der Waals surface area contributed by atoms with Crippen LogP contribution < -0.4 is 0 Å². The maximum Gasteiger partial charge on any atom is 0.434 e. The molecule has 0 saturated heterocycles. The number of aliphatic imine (C=N–C) groups is 1. The maximum absolute atomic E-state index is 10.7. The van der Waals surface area contributed by atoms with Crippen molar-refractivity contribution in [3.05, 3.63) is 40.0 Å². The molecule has 0 aliphatic heterocycles. The van der Waals surface area contributed by atoms with Crippen molar-refractivity contribution in [2.45, 2.75) is 6.92 Å². The van der Waals surface area contributed by atoms with E-state index in [9.17, 15) is 10.1 Å². The second kappa shape index (κ2) is 5.47. The van der Waals surface area contributed by atoms with Crippen LogP contribution in [-0.4, -0.2) is 30.2 Å². The lowest BCUT2D eigenvalue weighted by Gasteiger charge is -1.95. The van der Waals surface area contributed by atoms with Gasteiger partial charge in [0.2, 0.25) is 5.95 Å². The minimum absolute atomic E-state index is 0.193. The van der Waals surface area contributed by atoms with E-state index in [1.54, 1.807) is 31.6 Å². The summed E-state index contributed by atoms with van der Waals surface area (Å²) >= 11 is 0. The fraction of sp³-hybridized carbons (Fsp3) is 0.250. The third-order valence-corrected chi connectivity index (χ3v) is 2.90. The molecule has 0 unspecified atom stereocenters. The van der Waals surface area contributed by atoms with Crippen molar-refractivity contribution < 1.29 is 4.92 Å². The largest absolute Gasteiger partial charge is 0.434 e. The zero-order valence-corrected chi connectivity index (χ0v) is 11.4. The second-order valence-corrected chi connectivity index (χ2v) is 4.20. The van der Waals surface area contributed by atoms with Gasteiger partial charge in [-0.2, -0.15) is 0 Å². The molecule has 0 aromatic carbocycles. The Hall–Kier alpha value is -2.77. The number of nitrogens with zero attached hydrogens (tertiary/aromatic N) is 6. The van der Waals surface area contributed by atoms with Crippen molar-refractivity contribution in [2.75, 3.05) is 0 Å². The molecule has 8 nitrogen and oxygen atoms in total. The van der Waals surface area contributed by atoms with Crippen LogP contribution in [0.2, 0.25) is 0 Å². The van der Waals surface area contributed by atoms with Crippen LogP contribution >= 0.6 is 0 Å². The molecular weight excluding hydrogens is 260 g/mol. The Morgan fingerprint density at radius 3 is 2.60 bits per heavy atom. The monoisotopic (exact) mass is 274 g/mol. The highest BCUT2D eigenvalue weighted by Crippen LogP contribution is 2.12. The van der Waals surface area contributed by atoms with Gasteiger partial charge in [0.15, 0.2) is 0 Å². The van der Waals surface area contributed by atoms with E-state index in [1.807, 2.05) is 18.5 Å². The van der Waals surface area contributed by atoms with E-state index < -0.39 is 4.92 Å². The molecule has 2 rings (SSSR count). The van der Waals surface area contributed by atoms with Crippen LogP contribution in [0.15, 0.2) is 23.5 Å². The Balaban J connectivity index is 2.11. The van der Waals surface area contributed by atoms with E-state index in [2.05, 4.69) is 15.0 Å². The molecule has 0 spiro atoms. The summed E-state index contributed by atoms with van der Waals surface area (Å²) in [6.07, 6.45) is 8.14. The van der Waals surface area contributed by atoms with Crippen molar-refractivity contribution in [1.82, 2.24) is 19.1 Å². The Morgan fingerprint density at radius 1 is 1.30 bits per heavy atom. The third-order valence-electron chi connectivity index (χ3n) is 2.90. The van der Waals surface area contributed by atoms with Gasteiger partial charge in [0.25, 0.3) is 0 Å². The normalized spacial score (nSPS) is 11.8. The van der Waals surface area contributed by atoms with Crippen molar-refractivity contribution in [2.24, 2.45) is 19.1 Å². The minimum atomic E-state index is -0.526. The second-order valence-electron chi connectivity index (χ2n) is 4.20. The first-order valence-electron chi connectivity index (χ1n) is 5.86. The standard InChI is InChI=1S/C12H14N6O2/c1-9-7-14-11(16(9)2)13-6-4-5-10-8-15-12(17(10)3)18(19)20/h4-8H,1-3H3/b5-4+,13-6?. The molecule has 0 aliphatic rings. The molecule has 2 aromatic rings. The average molecular weight is 274 g/mol. The number of hydrogen-bond donors (Lipinski definition) is 0. The molecule has 2 heterocycles. The zero-order valence-electron chi connectivity index (χ0n) is 11.4. The summed E-state index contributed by atoms with van der Waals surface area (Å²) in [4.78, 5) is 22.2. The fourth-order valence-electron chi connectivity index (χ4n) is 1.59. The summed E-state index contributed by atoms with van der Waals surface area (Å²) in [6, 6.07) is 0. The summed E-state index contributed by atoms with van der Waals surface area (Å²) in [5.74, 6) is 0.407. The Kier molecular flexibility index (Phi) is 3.74. The first-order chi connectivity index (χ1) is 9.50. The molecule has 20 heavy (non-hydrogen) atoms. The number of aromatic nitrogens is 4. The van der Waals surface area contributed by atoms with Crippen LogP contribution in [0.4, 0.5) is 11.9 Å². The summed E-state index contributed by atoms with van der Waals surface area (Å²) in [5, 5.41) is 10.7. The van der Waals surface area contributed by atoms with E-state index >= 15 is 0 Å². The lowest BCUT2D eigenvalue weighted by Crippen LogP contribution is -1.99.